The second-order valence-corrected chi connectivity index (χ2v) is 6.38. The molecule has 0 atom stereocenters. The number of nitrogens with one attached hydrogen (secondary N) is 1. The van der Waals surface area contributed by atoms with E-state index in [1.165, 1.54) is 12.1 Å². The number of nitro groups is 1. The van der Waals surface area contributed by atoms with E-state index in [4.69, 9.17) is 0 Å². The monoisotopic (exact) mass is 360 g/mol. The third-order valence-electron chi connectivity index (χ3n) is 4.50. The van der Waals surface area contributed by atoms with Crippen LogP contribution < -0.4 is 5.32 Å². The highest BCUT2D eigenvalue weighted by molar-refractivity contribution is 5.92. The second-order valence-electron chi connectivity index (χ2n) is 6.38. The van der Waals surface area contributed by atoms with Gasteiger partial charge in [-0.1, -0.05) is 66.7 Å². The standard InChI is InChI=1S/C22H20N2O3/c1-16-12-13-19(24(26)27)14-21(16)23-22(25)15-20(17-8-4-2-5-9-17)18-10-6-3-7-11-18/h2-14,20H,15H2,1H3,(H,23,25). The lowest BCUT2D eigenvalue weighted by Crippen LogP contribution is -2.17. The van der Waals surface area contributed by atoms with Crippen molar-refractivity contribution in [3.05, 3.63) is 106 Å². The maximum atomic E-state index is 12.7. The number of benzene rings is 3. The van der Waals surface area contributed by atoms with Gasteiger partial charge in [-0.3, -0.25) is 14.9 Å². The fraction of sp³-hybridized carbons (Fsp3) is 0.136. The molecule has 0 spiro atoms. The minimum absolute atomic E-state index is 0.0430. The number of aryl methyl sites for hydroxylation is 1. The van der Waals surface area contributed by atoms with Gasteiger partial charge in [0, 0.05) is 24.5 Å². The maximum absolute atomic E-state index is 12.7. The van der Waals surface area contributed by atoms with Crippen molar-refractivity contribution in [2.24, 2.45) is 0 Å². The molecule has 0 bridgehead atoms. The molecule has 0 aromatic heterocycles. The molecule has 0 heterocycles. The minimum atomic E-state index is -0.466. The molecule has 0 fully saturated rings. The van der Waals surface area contributed by atoms with Crippen molar-refractivity contribution in [2.45, 2.75) is 19.3 Å². The first-order valence-corrected chi connectivity index (χ1v) is 8.69. The highest BCUT2D eigenvalue weighted by atomic mass is 16.6. The van der Waals surface area contributed by atoms with Gasteiger partial charge in [0.15, 0.2) is 0 Å². The maximum Gasteiger partial charge on any atom is 0.271 e. The Labute approximate surface area is 157 Å². The van der Waals surface area contributed by atoms with Crippen molar-refractivity contribution in [3.63, 3.8) is 0 Å². The van der Waals surface area contributed by atoms with E-state index < -0.39 is 4.92 Å². The first-order chi connectivity index (χ1) is 13.0. The van der Waals surface area contributed by atoms with Crippen molar-refractivity contribution in [2.75, 3.05) is 5.32 Å². The van der Waals surface area contributed by atoms with E-state index in [0.717, 1.165) is 16.7 Å². The van der Waals surface area contributed by atoms with Crippen molar-refractivity contribution < 1.29 is 9.72 Å². The van der Waals surface area contributed by atoms with E-state index in [1.54, 1.807) is 6.07 Å². The molecule has 3 aromatic carbocycles. The zero-order valence-corrected chi connectivity index (χ0v) is 15.0. The molecule has 0 aliphatic carbocycles. The van der Waals surface area contributed by atoms with Crippen LogP contribution in [0.4, 0.5) is 11.4 Å². The van der Waals surface area contributed by atoms with Crippen LogP contribution in [0.15, 0.2) is 78.9 Å². The highest BCUT2D eigenvalue weighted by Gasteiger charge is 2.19. The Morgan fingerprint density at radius 1 is 0.963 bits per heavy atom. The number of anilines is 1. The molecular weight excluding hydrogens is 340 g/mol. The van der Waals surface area contributed by atoms with Crippen molar-refractivity contribution in [1.29, 1.82) is 0 Å². The van der Waals surface area contributed by atoms with E-state index >= 15 is 0 Å². The van der Waals surface area contributed by atoms with Crippen LogP contribution in [-0.2, 0) is 4.79 Å². The molecule has 136 valence electrons. The van der Waals surface area contributed by atoms with Crippen LogP contribution in [0.5, 0.6) is 0 Å². The number of hydrogen-bond donors (Lipinski definition) is 1. The van der Waals surface area contributed by atoms with Gasteiger partial charge in [0.2, 0.25) is 5.91 Å². The van der Waals surface area contributed by atoms with Crippen LogP contribution in [-0.4, -0.2) is 10.8 Å². The molecule has 0 unspecified atom stereocenters. The zero-order valence-electron chi connectivity index (χ0n) is 15.0. The summed E-state index contributed by atoms with van der Waals surface area (Å²) in [4.78, 5) is 23.2. The topological polar surface area (TPSA) is 72.2 Å². The summed E-state index contributed by atoms with van der Waals surface area (Å²) in [6.07, 6.45) is 0.246. The van der Waals surface area contributed by atoms with Crippen LogP contribution >= 0.6 is 0 Å². The van der Waals surface area contributed by atoms with Gasteiger partial charge >= 0.3 is 0 Å². The molecule has 3 rings (SSSR count). The molecule has 0 radical (unpaired) electrons. The summed E-state index contributed by atoms with van der Waals surface area (Å²) in [7, 11) is 0. The van der Waals surface area contributed by atoms with E-state index in [1.807, 2.05) is 67.6 Å². The summed E-state index contributed by atoms with van der Waals surface area (Å²) in [6.45, 7) is 1.81. The summed E-state index contributed by atoms with van der Waals surface area (Å²) in [5, 5.41) is 13.8. The number of non-ortho nitro benzene ring substituents is 1. The molecule has 0 saturated carbocycles. The molecule has 5 nitrogen and oxygen atoms in total. The summed E-state index contributed by atoms with van der Waals surface area (Å²) in [6, 6.07) is 24.2. The van der Waals surface area contributed by atoms with Gasteiger partial charge in [-0.15, -0.1) is 0 Å². The fourth-order valence-corrected chi connectivity index (χ4v) is 3.04. The molecule has 0 saturated heterocycles. The number of rotatable bonds is 6. The largest absolute Gasteiger partial charge is 0.326 e. The average molecular weight is 360 g/mol. The van der Waals surface area contributed by atoms with Crippen LogP contribution in [0, 0.1) is 17.0 Å². The van der Waals surface area contributed by atoms with Gasteiger partial charge < -0.3 is 5.32 Å². The molecule has 5 heteroatoms. The van der Waals surface area contributed by atoms with Crippen LogP contribution in [0.2, 0.25) is 0 Å². The summed E-state index contributed by atoms with van der Waals surface area (Å²) in [5.41, 5.74) is 3.31. The molecule has 0 aliphatic rings. The third kappa shape index (κ3) is 4.58. The Morgan fingerprint density at radius 3 is 2.04 bits per heavy atom. The Bertz CT molecular complexity index is 901. The smallest absolute Gasteiger partial charge is 0.271 e. The van der Waals surface area contributed by atoms with Gasteiger partial charge in [-0.05, 0) is 23.6 Å². The lowest BCUT2D eigenvalue weighted by Gasteiger charge is -2.18. The number of nitrogens with zero attached hydrogens (tertiary/aromatic N) is 1. The van der Waals surface area contributed by atoms with Gasteiger partial charge in [0.25, 0.3) is 5.69 Å². The van der Waals surface area contributed by atoms with Crippen LogP contribution in [0.25, 0.3) is 0 Å². The Kier molecular flexibility index (Phi) is 5.61. The van der Waals surface area contributed by atoms with Crippen LogP contribution in [0.3, 0.4) is 0 Å². The van der Waals surface area contributed by atoms with E-state index in [9.17, 15) is 14.9 Å². The normalized spacial score (nSPS) is 10.6. The first kappa shape index (κ1) is 18.3. The number of hydrogen-bond acceptors (Lipinski definition) is 3. The molecule has 27 heavy (non-hydrogen) atoms. The zero-order chi connectivity index (χ0) is 19.2. The van der Waals surface area contributed by atoms with Crippen molar-refractivity contribution in [1.82, 2.24) is 0 Å². The number of amides is 1. The lowest BCUT2D eigenvalue weighted by molar-refractivity contribution is -0.384. The fourth-order valence-electron chi connectivity index (χ4n) is 3.04. The van der Waals surface area contributed by atoms with Gasteiger partial charge in [-0.2, -0.15) is 0 Å². The third-order valence-corrected chi connectivity index (χ3v) is 4.50. The molecular formula is C22H20N2O3. The quantitative estimate of drug-likeness (QED) is 0.493. The molecule has 3 aromatic rings. The Hall–Kier alpha value is -3.47. The minimum Gasteiger partial charge on any atom is -0.326 e. The Balaban J connectivity index is 1.84. The van der Waals surface area contributed by atoms with E-state index in [0.29, 0.717) is 5.69 Å². The predicted octanol–water partition coefficient (Wildman–Crippen LogP) is 5.06. The molecule has 0 aliphatic heterocycles. The van der Waals surface area contributed by atoms with Gasteiger partial charge in [0.05, 0.1) is 10.6 Å². The summed E-state index contributed by atoms with van der Waals surface area (Å²) in [5.74, 6) is -0.275. The van der Waals surface area contributed by atoms with Crippen LogP contribution in [0.1, 0.15) is 29.0 Å². The Morgan fingerprint density at radius 2 is 1.52 bits per heavy atom. The predicted molar refractivity (Wildman–Crippen MR) is 106 cm³/mol. The molecule has 1 amide bonds. The number of carbonyl (C=O) groups excluding carboxylic acids is 1. The second kappa shape index (κ2) is 8.27. The van der Waals surface area contributed by atoms with Crippen molar-refractivity contribution >= 4 is 17.3 Å². The summed E-state index contributed by atoms with van der Waals surface area (Å²) < 4.78 is 0. The van der Waals surface area contributed by atoms with Crippen molar-refractivity contribution in [3.8, 4) is 0 Å². The first-order valence-electron chi connectivity index (χ1n) is 8.69. The van der Waals surface area contributed by atoms with Gasteiger partial charge in [-0.25, -0.2) is 0 Å². The van der Waals surface area contributed by atoms with Gasteiger partial charge in [0.1, 0.15) is 0 Å². The lowest BCUT2D eigenvalue weighted by atomic mass is 9.88. The highest BCUT2D eigenvalue weighted by Crippen LogP contribution is 2.29. The SMILES string of the molecule is Cc1ccc([N+](=O)[O-])cc1NC(=O)CC(c1ccccc1)c1ccccc1. The average Bonchev–Trinajstić information content (AvgIpc) is 2.69. The van der Waals surface area contributed by atoms with E-state index in [2.05, 4.69) is 5.32 Å². The number of carbonyl (C=O) groups is 1. The summed E-state index contributed by atoms with van der Waals surface area (Å²) >= 11 is 0. The number of nitro benzene ring substituents is 1. The van der Waals surface area contributed by atoms with E-state index in [-0.39, 0.29) is 23.9 Å². The molecule has 1 N–H and O–H groups in total.